The van der Waals surface area contributed by atoms with Crippen LogP contribution in [0.25, 0.3) is 0 Å². The van der Waals surface area contributed by atoms with Crippen LogP contribution in [0.2, 0.25) is 5.02 Å². The zero-order valence-corrected chi connectivity index (χ0v) is 16.4. The Morgan fingerprint density at radius 2 is 1.96 bits per heavy atom. The van der Waals surface area contributed by atoms with Gasteiger partial charge in [0.05, 0.1) is 6.04 Å². The summed E-state index contributed by atoms with van der Waals surface area (Å²) in [6.45, 7) is 0.877. The number of benzene rings is 1. The molecule has 5 nitrogen and oxygen atoms in total. The number of aryl methyl sites for hydroxylation is 1. The lowest BCUT2D eigenvalue weighted by Gasteiger charge is -2.36. The van der Waals surface area contributed by atoms with Gasteiger partial charge in [-0.15, -0.1) is 0 Å². The van der Waals surface area contributed by atoms with E-state index in [0.717, 1.165) is 63.5 Å². The maximum atomic E-state index is 12.6. The lowest BCUT2D eigenvalue weighted by molar-refractivity contribution is -0.130. The van der Waals surface area contributed by atoms with E-state index >= 15 is 0 Å². The minimum atomic E-state index is -0.105. The van der Waals surface area contributed by atoms with E-state index in [4.69, 9.17) is 11.6 Å². The van der Waals surface area contributed by atoms with Crippen LogP contribution in [-0.2, 0) is 11.2 Å². The molecule has 0 radical (unpaired) electrons. The van der Waals surface area contributed by atoms with Crippen LogP contribution >= 0.6 is 11.6 Å². The lowest BCUT2D eigenvalue weighted by atomic mass is 9.87. The third kappa shape index (κ3) is 4.23. The summed E-state index contributed by atoms with van der Waals surface area (Å²) >= 11 is 6.16. The number of urea groups is 1. The fourth-order valence-corrected chi connectivity index (χ4v) is 5.12. The third-order valence-corrected chi connectivity index (χ3v) is 6.50. The highest BCUT2D eigenvalue weighted by Crippen LogP contribution is 2.32. The number of rotatable bonds is 3. The van der Waals surface area contributed by atoms with E-state index < -0.39 is 0 Å². The number of carbonyl (C=O) groups is 2. The average Bonchev–Trinajstić information content (AvgIpc) is 3.08. The van der Waals surface area contributed by atoms with Crippen LogP contribution in [0.4, 0.5) is 4.79 Å². The molecule has 1 heterocycles. The molecule has 2 unspecified atom stereocenters. The Morgan fingerprint density at radius 1 is 1.07 bits per heavy atom. The van der Waals surface area contributed by atoms with Gasteiger partial charge in [-0.2, -0.15) is 0 Å². The summed E-state index contributed by atoms with van der Waals surface area (Å²) in [5.74, 6) is 0.279. The molecule has 3 amide bonds. The van der Waals surface area contributed by atoms with Gasteiger partial charge in [0, 0.05) is 30.1 Å². The molecule has 1 aromatic carbocycles. The second-order valence-electron chi connectivity index (χ2n) is 8.11. The second kappa shape index (κ2) is 8.09. The highest BCUT2D eigenvalue weighted by molar-refractivity contribution is 6.30. The lowest BCUT2D eigenvalue weighted by Crippen LogP contribution is -2.49. The number of amides is 3. The van der Waals surface area contributed by atoms with Gasteiger partial charge >= 0.3 is 6.03 Å². The van der Waals surface area contributed by atoms with Crippen molar-refractivity contribution in [1.29, 1.82) is 0 Å². The van der Waals surface area contributed by atoms with E-state index in [0.29, 0.717) is 11.4 Å². The van der Waals surface area contributed by atoms with E-state index in [1.807, 2.05) is 17.0 Å². The quantitative estimate of drug-likeness (QED) is 0.822. The van der Waals surface area contributed by atoms with Gasteiger partial charge in [0.1, 0.15) is 0 Å². The monoisotopic (exact) mass is 389 g/mol. The summed E-state index contributed by atoms with van der Waals surface area (Å²) < 4.78 is 0. The number of hydrogen-bond donors (Lipinski definition) is 2. The molecule has 0 spiro atoms. The summed E-state index contributed by atoms with van der Waals surface area (Å²) in [6, 6.07) is 6.31. The first-order valence-corrected chi connectivity index (χ1v) is 10.6. The zero-order valence-electron chi connectivity index (χ0n) is 15.7. The fraction of sp³-hybridized carbons (Fsp3) is 0.619. The minimum Gasteiger partial charge on any atom is -0.340 e. The summed E-state index contributed by atoms with van der Waals surface area (Å²) in [7, 11) is 0. The molecule has 2 N–H and O–H groups in total. The third-order valence-electron chi connectivity index (χ3n) is 6.26. The van der Waals surface area contributed by atoms with Gasteiger partial charge in [-0.1, -0.05) is 17.7 Å². The number of fused-ring (bicyclic) bond motifs is 1. The molecule has 0 bridgehead atoms. The van der Waals surface area contributed by atoms with Crippen LogP contribution in [0.3, 0.4) is 0 Å². The Labute approximate surface area is 165 Å². The molecule has 6 heteroatoms. The van der Waals surface area contributed by atoms with Gasteiger partial charge in [0.25, 0.3) is 0 Å². The maximum absolute atomic E-state index is 12.6. The first kappa shape index (κ1) is 18.6. The number of nitrogens with zero attached hydrogens (tertiary/aromatic N) is 1. The van der Waals surface area contributed by atoms with Gasteiger partial charge in [-0.3, -0.25) is 4.79 Å². The molecule has 1 aliphatic heterocycles. The summed E-state index contributed by atoms with van der Waals surface area (Å²) in [4.78, 5) is 26.7. The van der Waals surface area contributed by atoms with Crippen LogP contribution in [0.15, 0.2) is 18.2 Å². The highest BCUT2D eigenvalue weighted by Gasteiger charge is 2.33. The molecule has 1 saturated carbocycles. The van der Waals surface area contributed by atoms with Gasteiger partial charge in [-0.05, 0) is 74.6 Å². The van der Waals surface area contributed by atoms with Crippen LogP contribution < -0.4 is 10.6 Å². The summed E-state index contributed by atoms with van der Waals surface area (Å²) in [6.07, 6.45) is 8.67. The van der Waals surface area contributed by atoms with E-state index in [9.17, 15) is 9.59 Å². The normalized spacial score (nSPS) is 28.0. The topological polar surface area (TPSA) is 61.4 Å². The molecule has 3 aliphatic rings. The van der Waals surface area contributed by atoms with E-state index in [1.165, 1.54) is 5.56 Å². The summed E-state index contributed by atoms with van der Waals surface area (Å²) in [5.41, 5.74) is 2.43. The van der Waals surface area contributed by atoms with E-state index in [1.54, 1.807) is 0 Å². The zero-order chi connectivity index (χ0) is 18.8. The van der Waals surface area contributed by atoms with Crippen molar-refractivity contribution in [2.45, 2.75) is 75.9 Å². The smallest absolute Gasteiger partial charge is 0.315 e. The number of likely N-dealkylation sites (tertiary alicyclic amines) is 1. The van der Waals surface area contributed by atoms with Crippen LogP contribution in [-0.4, -0.2) is 35.5 Å². The van der Waals surface area contributed by atoms with Crippen LogP contribution in [0, 0.1) is 0 Å². The first-order valence-electron chi connectivity index (χ1n) is 10.2. The summed E-state index contributed by atoms with van der Waals surface area (Å²) in [5, 5.41) is 7.03. The minimum absolute atomic E-state index is 0.0204. The SMILES string of the molecule is O=C(NC1CCCC(N2CCCC2=O)C1)N[C@@H]1CCCc2ccc(Cl)cc21. The van der Waals surface area contributed by atoms with Gasteiger partial charge in [0.15, 0.2) is 0 Å². The molecule has 3 atom stereocenters. The molecule has 146 valence electrons. The van der Waals surface area contributed by atoms with E-state index in [-0.39, 0.29) is 30.1 Å². The molecular weight excluding hydrogens is 362 g/mol. The molecule has 1 aromatic rings. The molecule has 2 fully saturated rings. The van der Waals surface area contributed by atoms with Gasteiger partial charge in [-0.25, -0.2) is 4.79 Å². The fourth-order valence-electron chi connectivity index (χ4n) is 4.94. The Hall–Kier alpha value is -1.75. The second-order valence-corrected chi connectivity index (χ2v) is 8.55. The van der Waals surface area contributed by atoms with Gasteiger partial charge in [0.2, 0.25) is 5.91 Å². The Bertz CT molecular complexity index is 723. The molecule has 0 aromatic heterocycles. The number of halogens is 1. The Morgan fingerprint density at radius 3 is 2.78 bits per heavy atom. The number of nitrogens with one attached hydrogen (secondary N) is 2. The van der Waals surface area contributed by atoms with Crippen molar-refractivity contribution in [3.8, 4) is 0 Å². The Balaban J connectivity index is 1.35. The van der Waals surface area contributed by atoms with Crippen LogP contribution in [0.5, 0.6) is 0 Å². The molecule has 27 heavy (non-hydrogen) atoms. The number of hydrogen-bond acceptors (Lipinski definition) is 2. The first-order chi connectivity index (χ1) is 13.1. The van der Waals surface area contributed by atoms with Crippen molar-refractivity contribution < 1.29 is 9.59 Å². The van der Waals surface area contributed by atoms with Crippen molar-refractivity contribution in [3.05, 3.63) is 34.3 Å². The highest BCUT2D eigenvalue weighted by atomic mass is 35.5. The predicted molar refractivity (Wildman–Crippen MR) is 106 cm³/mol. The van der Waals surface area contributed by atoms with Crippen molar-refractivity contribution >= 4 is 23.5 Å². The Kier molecular flexibility index (Phi) is 5.58. The average molecular weight is 390 g/mol. The molecular formula is C21H28ClN3O2. The van der Waals surface area contributed by atoms with Crippen molar-refractivity contribution in [1.82, 2.24) is 15.5 Å². The van der Waals surface area contributed by atoms with Gasteiger partial charge < -0.3 is 15.5 Å². The molecule has 4 rings (SSSR count). The predicted octanol–water partition coefficient (Wildman–Crippen LogP) is 3.95. The standard InChI is InChI=1S/C21H28ClN3O2/c22-15-10-9-14-4-1-7-19(18(14)12-15)24-21(27)23-16-5-2-6-17(13-16)25-11-3-8-20(25)26/h9-10,12,16-17,19H,1-8,11,13H2,(H2,23,24,27)/t16?,17?,19-/m1/s1. The van der Waals surface area contributed by atoms with Crippen LogP contribution in [0.1, 0.15) is 68.5 Å². The molecule has 1 saturated heterocycles. The largest absolute Gasteiger partial charge is 0.340 e. The van der Waals surface area contributed by atoms with Crippen molar-refractivity contribution in [2.75, 3.05) is 6.54 Å². The molecule has 2 aliphatic carbocycles. The van der Waals surface area contributed by atoms with Crippen molar-refractivity contribution in [2.24, 2.45) is 0 Å². The van der Waals surface area contributed by atoms with E-state index in [2.05, 4.69) is 16.7 Å². The maximum Gasteiger partial charge on any atom is 0.315 e. The van der Waals surface area contributed by atoms with Crippen molar-refractivity contribution in [3.63, 3.8) is 0 Å². The number of carbonyl (C=O) groups excluding carboxylic acids is 2.